The maximum Gasteiger partial charge on any atom is 0.307 e. The molecule has 5 heteroatoms. The molecule has 1 N–H and O–H groups in total. The van der Waals surface area contributed by atoms with Gasteiger partial charge in [-0.1, -0.05) is 0 Å². The van der Waals surface area contributed by atoms with Gasteiger partial charge in [-0.05, 0) is 19.1 Å². The number of hydrogen-bond donors (Lipinski definition) is 1. The first-order chi connectivity index (χ1) is 7.52. The number of anilines is 1. The van der Waals surface area contributed by atoms with Gasteiger partial charge in [0.25, 0.3) is 0 Å². The molecule has 0 aliphatic heterocycles. The summed E-state index contributed by atoms with van der Waals surface area (Å²) in [5.41, 5.74) is 0.165. The lowest BCUT2D eigenvalue weighted by Crippen LogP contribution is -2.20. The third kappa shape index (κ3) is 3.49. The molecule has 1 unspecified atom stereocenters. The Balaban J connectivity index is 2.62. The highest BCUT2D eigenvalue weighted by molar-refractivity contribution is 5.70. The van der Waals surface area contributed by atoms with E-state index in [-0.39, 0.29) is 24.1 Å². The zero-order valence-corrected chi connectivity index (χ0v) is 9.09. The van der Waals surface area contributed by atoms with Gasteiger partial charge in [0.1, 0.15) is 11.6 Å². The number of rotatable bonds is 4. The van der Waals surface area contributed by atoms with E-state index in [1.165, 1.54) is 13.2 Å². The molecular weight excluding hydrogens is 216 g/mol. The Morgan fingerprint density at radius 3 is 2.75 bits per heavy atom. The van der Waals surface area contributed by atoms with Crippen LogP contribution < -0.4 is 5.32 Å². The van der Waals surface area contributed by atoms with Crippen molar-refractivity contribution in [2.75, 3.05) is 12.4 Å². The molecule has 0 amide bonds. The number of nitrogens with one attached hydrogen (secondary N) is 1. The topological polar surface area (TPSA) is 38.3 Å². The SMILES string of the molecule is COC(=O)CC(C)Nc1ccc(F)cc1F. The molecular formula is C11H13F2NO2. The van der Waals surface area contributed by atoms with Crippen LogP contribution in [0, 0.1) is 11.6 Å². The van der Waals surface area contributed by atoms with Gasteiger partial charge in [0.2, 0.25) is 0 Å². The molecule has 1 aromatic rings. The van der Waals surface area contributed by atoms with Crippen LogP contribution in [-0.4, -0.2) is 19.1 Å². The van der Waals surface area contributed by atoms with Crippen molar-refractivity contribution in [3.63, 3.8) is 0 Å². The molecule has 0 heterocycles. The smallest absolute Gasteiger partial charge is 0.307 e. The van der Waals surface area contributed by atoms with Crippen molar-refractivity contribution in [3.05, 3.63) is 29.8 Å². The summed E-state index contributed by atoms with van der Waals surface area (Å²) in [7, 11) is 1.29. The zero-order chi connectivity index (χ0) is 12.1. The summed E-state index contributed by atoms with van der Waals surface area (Å²) in [5.74, 6) is -1.71. The van der Waals surface area contributed by atoms with Gasteiger partial charge >= 0.3 is 5.97 Å². The first-order valence-corrected chi connectivity index (χ1v) is 4.81. The Labute approximate surface area is 92.4 Å². The minimum Gasteiger partial charge on any atom is -0.469 e. The Morgan fingerprint density at radius 2 is 2.19 bits per heavy atom. The first-order valence-electron chi connectivity index (χ1n) is 4.81. The molecule has 0 radical (unpaired) electrons. The lowest BCUT2D eigenvalue weighted by molar-refractivity contribution is -0.140. The van der Waals surface area contributed by atoms with Gasteiger partial charge in [0, 0.05) is 12.1 Å². The largest absolute Gasteiger partial charge is 0.469 e. The maximum absolute atomic E-state index is 13.2. The lowest BCUT2D eigenvalue weighted by atomic mass is 10.2. The van der Waals surface area contributed by atoms with E-state index in [4.69, 9.17) is 0 Å². The molecule has 0 spiro atoms. The molecule has 1 rings (SSSR count). The predicted molar refractivity (Wildman–Crippen MR) is 56.1 cm³/mol. The third-order valence-corrected chi connectivity index (χ3v) is 2.03. The van der Waals surface area contributed by atoms with Crippen LogP contribution in [0.2, 0.25) is 0 Å². The average Bonchev–Trinajstić information content (AvgIpc) is 2.22. The Morgan fingerprint density at radius 1 is 1.50 bits per heavy atom. The molecule has 0 fully saturated rings. The fraction of sp³-hybridized carbons (Fsp3) is 0.364. The van der Waals surface area contributed by atoms with E-state index < -0.39 is 11.6 Å². The molecule has 1 aromatic carbocycles. The summed E-state index contributed by atoms with van der Waals surface area (Å²) in [6.45, 7) is 1.71. The first kappa shape index (κ1) is 12.4. The number of carbonyl (C=O) groups excluding carboxylic acids is 1. The van der Waals surface area contributed by atoms with Crippen LogP contribution >= 0.6 is 0 Å². The fourth-order valence-corrected chi connectivity index (χ4v) is 1.26. The van der Waals surface area contributed by atoms with Crippen LogP contribution in [0.15, 0.2) is 18.2 Å². The van der Waals surface area contributed by atoms with Crippen molar-refractivity contribution < 1.29 is 18.3 Å². The Hall–Kier alpha value is -1.65. The number of ether oxygens (including phenoxy) is 1. The number of esters is 1. The van der Waals surface area contributed by atoms with Crippen molar-refractivity contribution in [1.82, 2.24) is 0 Å². The highest BCUT2D eigenvalue weighted by atomic mass is 19.1. The number of hydrogen-bond acceptors (Lipinski definition) is 3. The molecule has 0 saturated carbocycles. The molecule has 0 aliphatic carbocycles. The minimum absolute atomic E-state index is 0.118. The highest BCUT2D eigenvalue weighted by Crippen LogP contribution is 2.16. The van der Waals surface area contributed by atoms with Gasteiger partial charge in [-0.3, -0.25) is 4.79 Å². The van der Waals surface area contributed by atoms with Crippen LogP contribution in [-0.2, 0) is 9.53 Å². The van der Waals surface area contributed by atoms with Crippen molar-refractivity contribution in [3.8, 4) is 0 Å². The Bertz CT molecular complexity index is 382. The van der Waals surface area contributed by atoms with E-state index in [0.717, 1.165) is 12.1 Å². The van der Waals surface area contributed by atoms with Gasteiger partial charge in [0.05, 0.1) is 19.2 Å². The van der Waals surface area contributed by atoms with Gasteiger partial charge in [-0.25, -0.2) is 8.78 Å². The van der Waals surface area contributed by atoms with Crippen LogP contribution in [0.25, 0.3) is 0 Å². The van der Waals surface area contributed by atoms with Gasteiger partial charge in [-0.2, -0.15) is 0 Å². The van der Waals surface area contributed by atoms with E-state index in [1.807, 2.05) is 0 Å². The number of benzene rings is 1. The second-order valence-electron chi connectivity index (χ2n) is 3.45. The summed E-state index contributed by atoms with van der Waals surface area (Å²) < 4.78 is 30.3. The molecule has 3 nitrogen and oxygen atoms in total. The molecule has 0 aliphatic rings. The Kier molecular flexibility index (Phi) is 4.22. The standard InChI is InChI=1S/C11H13F2NO2/c1-7(5-11(15)16-2)14-10-4-3-8(12)6-9(10)13/h3-4,6-7,14H,5H2,1-2H3. The number of halogens is 2. The number of carbonyl (C=O) groups is 1. The van der Waals surface area contributed by atoms with E-state index in [0.29, 0.717) is 0 Å². The molecule has 88 valence electrons. The quantitative estimate of drug-likeness (QED) is 0.805. The summed E-state index contributed by atoms with van der Waals surface area (Å²) >= 11 is 0. The van der Waals surface area contributed by atoms with Crippen LogP contribution in [0.5, 0.6) is 0 Å². The van der Waals surface area contributed by atoms with Crippen molar-refractivity contribution in [2.24, 2.45) is 0 Å². The average molecular weight is 229 g/mol. The highest BCUT2D eigenvalue weighted by Gasteiger charge is 2.11. The van der Waals surface area contributed by atoms with Crippen LogP contribution in [0.1, 0.15) is 13.3 Å². The summed E-state index contributed by atoms with van der Waals surface area (Å²) in [5, 5.41) is 2.76. The maximum atomic E-state index is 13.2. The van der Waals surface area contributed by atoms with E-state index in [1.54, 1.807) is 6.92 Å². The molecule has 0 saturated heterocycles. The normalized spacial score (nSPS) is 12.0. The molecule has 0 aromatic heterocycles. The molecule has 1 atom stereocenters. The summed E-state index contributed by atoms with van der Waals surface area (Å²) in [4.78, 5) is 10.9. The van der Waals surface area contributed by atoms with Crippen LogP contribution in [0.4, 0.5) is 14.5 Å². The molecule has 16 heavy (non-hydrogen) atoms. The van der Waals surface area contributed by atoms with Crippen molar-refractivity contribution in [2.45, 2.75) is 19.4 Å². The fourth-order valence-electron chi connectivity index (χ4n) is 1.26. The van der Waals surface area contributed by atoms with E-state index >= 15 is 0 Å². The third-order valence-electron chi connectivity index (χ3n) is 2.03. The summed E-state index contributed by atoms with van der Waals surface area (Å²) in [6.07, 6.45) is 0.118. The van der Waals surface area contributed by atoms with Gasteiger partial charge < -0.3 is 10.1 Å². The van der Waals surface area contributed by atoms with Crippen molar-refractivity contribution >= 4 is 11.7 Å². The van der Waals surface area contributed by atoms with Crippen molar-refractivity contribution in [1.29, 1.82) is 0 Å². The van der Waals surface area contributed by atoms with Crippen LogP contribution in [0.3, 0.4) is 0 Å². The van der Waals surface area contributed by atoms with E-state index in [2.05, 4.69) is 10.1 Å². The minimum atomic E-state index is -0.684. The van der Waals surface area contributed by atoms with E-state index in [9.17, 15) is 13.6 Å². The van der Waals surface area contributed by atoms with Gasteiger partial charge in [-0.15, -0.1) is 0 Å². The van der Waals surface area contributed by atoms with Gasteiger partial charge in [0.15, 0.2) is 0 Å². The zero-order valence-electron chi connectivity index (χ0n) is 9.09. The second-order valence-corrected chi connectivity index (χ2v) is 3.45. The second kappa shape index (κ2) is 5.44. The predicted octanol–water partition coefficient (Wildman–Crippen LogP) is 2.33. The molecule has 0 bridgehead atoms. The monoisotopic (exact) mass is 229 g/mol. The summed E-state index contributed by atoms with van der Waals surface area (Å²) in [6, 6.07) is 2.94. The number of methoxy groups -OCH3 is 1. The lowest BCUT2D eigenvalue weighted by Gasteiger charge is -2.14.